The van der Waals surface area contributed by atoms with E-state index in [1.54, 1.807) is 7.11 Å². The molecule has 0 aromatic rings. The minimum absolute atomic E-state index is 0.240. The standard InChI is InChI=1S/C9H19NO4/c1-9(2,6-14-3)10-5-7(11)4-8(12)13/h7,10-11H,4-6H2,1-3H3,(H,12,13). The van der Waals surface area contributed by atoms with Crippen LogP contribution in [0, 0.1) is 0 Å². The van der Waals surface area contributed by atoms with Gasteiger partial charge in [0, 0.05) is 19.2 Å². The van der Waals surface area contributed by atoms with Gasteiger partial charge in [0.05, 0.1) is 19.1 Å². The molecule has 0 bridgehead atoms. The van der Waals surface area contributed by atoms with Gasteiger partial charge in [-0.2, -0.15) is 0 Å². The fourth-order valence-electron chi connectivity index (χ4n) is 1.08. The molecule has 0 aromatic carbocycles. The highest BCUT2D eigenvalue weighted by Crippen LogP contribution is 2.02. The number of hydrogen-bond donors (Lipinski definition) is 3. The van der Waals surface area contributed by atoms with Crippen molar-refractivity contribution in [2.24, 2.45) is 0 Å². The normalized spacial score (nSPS) is 14.0. The van der Waals surface area contributed by atoms with Crippen LogP contribution in [0.3, 0.4) is 0 Å². The second kappa shape index (κ2) is 5.95. The summed E-state index contributed by atoms with van der Waals surface area (Å²) in [6.07, 6.45) is -1.10. The van der Waals surface area contributed by atoms with Gasteiger partial charge in [-0.05, 0) is 13.8 Å². The van der Waals surface area contributed by atoms with Gasteiger partial charge >= 0.3 is 5.97 Å². The van der Waals surface area contributed by atoms with Crippen molar-refractivity contribution in [3.05, 3.63) is 0 Å². The molecular weight excluding hydrogens is 186 g/mol. The second-order valence-electron chi connectivity index (χ2n) is 3.95. The molecule has 0 amide bonds. The zero-order valence-corrected chi connectivity index (χ0v) is 8.91. The number of aliphatic carboxylic acids is 1. The average Bonchev–Trinajstić information content (AvgIpc) is 2.00. The van der Waals surface area contributed by atoms with Gasteiger partial charge in [0.2, 0.25) is 0 Å². The third-order valence-corrected chi connectivity index (χ3v) is 1.73. The molecule has 14 heavy (non-hydrogen) atoms. The van der Waals surface area contributed by atoms with Crippen molar-refractivity contribution in [2.45, 2.75) is 31.9 Å². The van der Waals surface area contributed by atoms with Crippen LogP contribution in [0.15, 0.2) is 0 Å². The smallest absolute Gasteiger partial charge is 0.306 e. The molecule has 3 N–H and O–H groups in total. The van der Waals surface area contributed by atoms with Crippen molar-refractivity contribution in [3.63, 3.8) is 0 Å². The van der Waals surface area contributed by atoms with Crippen LogP contribution in [0.2, 0.25) is 0 Å². The SMILES string of the molecule is COCC(C)(C)NCC(O)CC(=O)O. The van der Waals surface area contributed by atoms with Crippen LogP contribution in [0.4, 0.5) is 0 Å². The summed E-state index contributed by atoms with van der Waals surface area (Å²) in [6, 6.07) is 0. The van der Waals surface area contributed by atoms with Gasteiger partial charge in [-0.25, -0.2) is 0 Å². The lowest BCUT2D eigenvalue weighted by Crippen LogP contribution is -2.46. The molecule has 0 fully saturated rings. The van der Waals surface area contributed by atoms with Gasteiger partial charge < -0.3 is 20.3 Å². The van der Waals surface area contributed by atoms with Gasteiger partial charge in [0.15, 0.2) is 0 Å². The molecule has 0 aliphatic carbocycles. The minimum atomic E-state index is -0.996. The molecular formula is C9H19NO4. The number of aliphatic hydroxyl groups is 1. The lowest BCUT2D eigenvalue weighted by molar-refractivity contribution is -0.139. The van der Waals surface area contributed by atoms with E-state index in [-0.39, 0.29) is 18.5 Å². The van der Waals surface area contributed by atoms with Gasteiger partial charge in [-0.1, -0.05) is 0 Å². The number of carboxylic acids is 1. The van der Waals surface area contributed by atoms with Crippen LogP contribution in [0.25, 0.3) is 0 Å². The van der Waals surface area contributed by atoms with Crippen molar-refractivity contribution >= 4 is 5.97 Å². The Bertz CT molecular complexity index is 182. The maximum atomic E-state index is 10.2. The summed E-state index contributed by atoms with van der Waals surface area (Å²) in [6.45, 7) is 4.60. The molecule has 0 saturated carbocycles. The highest BCUT2D eigenvalue weighted by Gasteiger charge is 2.19. The van der Waals surface area contributed by atoms with Crippen LogP contribution >= 0.6 is 0 Å². The van der Waals surface area contributed by atoms with E-state index in [4.69, 9.17) is 9.84 Å². The fraction of sp³-hybridized carbons (Fsp3) is 0.889. The van der Waals surface area contributed by atoms with E-state index >= 15 is 0 Å². The van der Waals surface area contributed by atoms with Crippen molar-refractivity contribution < 1.29 is 19.7 Å². The quantitative estimate of drug-likeness (QED) is 0.538. The number of β-amino-alcohol motifs (C(OH)–C–C–N with tert-alkyl or cyclic N) is 1. The summed E-state index contributed by atoms with van der Waals surface area (Å²) in [5.41, 5.74) is -0.256. The molecule has 0 aliphatic heterocycles. The third-order valence-electron chi connectivity index (χ3n) is 1.73. The highest BCUT2D eigenvalue weighted by atomic mass is 16.5. The number of nitrogens with one attached hydrogen (secondary N) is 1. The van der Waals surface area contributed by atoms with Crippen LogP contribution in [-0.2, 0) is 9.53 Å². The molecule has 5 nitrogen and oxygen atoms in total. The van der Waals surface area contributed by atoms with Gasteiger partial charge in [-0.15, -0.1) is 0 Å². The molecule has 1 unspecified atom stereocenters. The first kappa shape index (κ1) is 13.4. The number of aliphatic hydroxyl groups excluding tert-OH is 1. The van der Waals surface area contributed by atoms with Crippen LogP contribution in [-0.4, -0.2) is 48.1 Å². The summed E-state index contributed by atoms with van der Waals surface area (Å²) in [5, 5.41) is 20.7. The Morgan fingerprint density at radius 2 is 2.14 bits per heavy atom. The number of methoxy groups -OCH3 is 1. The first-order valence-electron chi connectivity index (χ1n) is 4.51. The monoisotopic (exact) mass is 205 g/mol. The summed E-state index contributed by atoms with van der Waals surface area (Å²) in [5.74, 6) is -0.996. The zero-order valence-electron chi connectivity index (χ0n) is 8.91. The molecule has 5 heteroatoms. The molecule has 0 rings (SSSR count). The number of carbonyl (C=O) groups is 1. The topological polar surface area (TPSA) is 78.8 Å². The lowest BCUT2D eigenvalue weighted by atomic mass is 10.1. The minimum Gasteiger partial charge on any atom is -0.481 e. The lowest BCUT2D eigenvalue weighted by Gasteiger charge is -2.26. The second-order valence-corrected chi connectivity index (χ2v) is 3.95. The Morgan fingerprint density at radius 1 is 1.57 bits per heavy atom. The summed E-state index contributed by atoms with van der Waals surface area (Å²) in [4.78, 5) is 10.2. The molecule has 0 spiro atoms. The molecule has 1 atom stereocenters. The average molecular weight is 205 g/mol. The number of hydrogen-bond acceptors (Lipinski definition) is 4. The zero-order chi connectivity index (χ0) is 11.2. The van der Waals surface area contributed by atoms with Crippen molar-refractivity contribution in [2.75, 3.05) is 20.3 Å². The molecule has 0 aliphatic rings. The van der Waals surface area contributed by atoms with Gasteiger partial charge in [0.1, 0.15) is 0 Å². The Labute approximate surface area is 84.1 Å². The van der Waals surface area contributed by atoms with Crippen molar-refractivity contribution in [1.82, 2.24) is 5.32 Å². The summed E-state index contributed by atoms with van der Waals surface area (Å²) >= 11 is 0. The molecule has 0 saturated heterocycles. The number of carboxylic acid groups (broad SMARTS) is 1. The summed E-state index contributed by atoms with van der Waals surface area (Å²) < 4.78 is 4.96. The maximum Gasteiger partial charge on any atom is 0.306 e. The van der Waals surface area contributed by atoms with Crippen LogP contribution < -0.4 is 5.32 Å². The van der Waals surface area contributed by atoms with E-state index in [9.17, 15) is 9.90 Å². The predicted octanol–water partition coefficient (Wildman–Crippen LogP) is -0.163. The largest absolute Gasteiger partial charge is 0.481 e. The number of rotatable bonds is 7. The van der Waals surface area contributed by atoms with Gasteiger partial charge in [-0.3, -0.25) is 4.79 Å². The summed E-state index contributed by atoms with van der Waals surface area (Å²) in [7, 11) is 1.59. The molecule has 0 heterocycles. The van der Waals surface area contributed by atoms with E-state index in [2.05, 4.69) is 5.32 Å². The first-order chi connectivity index (χ1) is 6.37. The highest BCUT2D eigenvalue weighted by molar-refractivity contribution is 5.67. The third kappa shape index (κ3) is 6.82. The fourth-order valence-corrected chi connectivity index (χ4v) is 1.08. The van der Waals surface area contributed by atoms with Crippen LogP contribution in [0.1, 0.15) is 20.3 Å². The Morgan fingerprint density at radius 3 is 2.57 bits per heavy atom. The van der Waals surface area contributed by atoms with Gasteiger partial charge in [0.25, 0.3) is 0 Å². The Kier molecular flexibility index (Phi) is 5.68. The molecule has 0 radical (unpaired) electrons. The molecule has 84 valence electrons. The van der Waals surface area contributed by atoms with E-state index < -0.39 is 12.1 Å². The van der Waals surface area contributed by atoms with E-state index in [0.717, 1.165) is 0 Å². The maximum absolute atomic E-state index is 10.2. The van der Waals surface area contributed by atoms with E-state index in [1.165, 1.54) is 0 Å². The Balaban J connectivity index is 3.75. The first-order valence-corrected chi connectivity index (χ1v) is 4.51. The van der Waals surface area contributed by atoms with E-state index in [0.29, 0.717) is 6.61 Å². The van der Waals surface area contributed by atoms with E-state index in [1.807, 2.05) is 13.8 Å². The number of ether oxygens (including phenoxy) is 1. The molecule has 0 aromatic heterocycles. The van der Waals surface area contributed by atoms with Crippen LogP contribution in [0.5, 0.6) is 0 Å². The van der Waals surface area contributed by atoms with Crippen molar-refractivity contribution in [3.8, 4) is 0 Å². The Hall–Kier alpha value is -0.650. The van der Waals surface area contributed by atoms with Crippen molar-refractivity contribution in [1.29, 1.82) is 0 Å². The predicted molar refractivity (Wildman–Crippen MR) is 52.2 cm³/mol.